The van der Waals surface area contributed by atoms with Crippen molar-refractivity contribution in [3.05, 3.63) is 207 Å². The zero-order valence-electron chi connectivity index (χ0n) is 43.0. The number of pyridine rings is 1. The van der Waals surface area contributed by atoms with Gasteiger partial charge < -0.3 is 18.6 Å². The molecule has 0 bridgehead atoms. The first-order valence-electron chi connectivity index (χ1n) is 25.7. The SMILES string of the molecule is CC1(C)OB(c2ccc(-c3ccc(-c4nc(-c5cccc(-c6ccccc6)c5)nc(-c5cccc(-c6ccccc6)c5)n4)cn3)cc2)OC1(C)CCC1(C)OB(c2ccc(-n3ncc4ccccc43)cc2)OC1(C)C. The lowest BCUT2D eigenvalue weighted by Crippen LogP contribution is -2.50. The number of hydrogen-bond acceptors (Lipinski definition) is 9. The molecule has 10 nitrogen and oxygen atoms in total. The van der Waals surface area contributed by atoms with Gasteiger partial charge in [0.2, 0.25) is 0 Å². The smallest absolute Gasteiger partial charge is 0.399 e. The molecule has 12 rings (SSSR count). The van der Waals surface area contributed by atoms with Crippen LogP contribution in [0.25, 0.3) is 84.3 Å². The van der Waals surface area contributed by atoms with Gasteiger partial charge in [0.1, 0.15) is 0 Å². The second kappa shape index (κ2) is 19.1. The molecule has 2 aliphatic heterocycles. The zero-order chi connectivity index (χ0) is 51.4. The third-order valence-electron chi connectivity index (χ3n) is 15.6. The third kappa shape index (κ3) is 9.29. The summed E-state index contributed by atoms with van der Waals surface area (Å²) in [4.78, 5) is 20.2. The number of aromatic nitrogens is 6. The highest BCUT2D eigenvalue weighted by molar-refractivity contribution is 6.62. The Labute approximate surface area is 439 Å². The molecular weight excluding hydrogens is 926 g/mol. The van der Waals surface area contributed by atoms with Crippen LogP contribution in [0.4, 0.5) is 0 Å². The van der Waals surface area contributed by atoms with E-state index in [1.807, 2.05) is 102 Å². The fourth-order valence-electron chi connectivity index (χ4n) is 10.2. The predicted octanol–water partition coefficient (Wildman–Crippen LogP) is 12.6. The molecule has 2 saturated heterocycles. The molecule has 2 aliphatic rings. The van der Waals surface area contributed by atoms with Crippen molar-refractivity contribution in [3.8, 4) is 73.4 Å². The molecule has 0 N–H and O–H groups in total. The largest absolute Gasteiger partial charge is 0.494 e. The Hall–Kier alpha value is -7.86. The molecule has 7 aromatic carbocycles. The van der Waals surface area contributed by atoms with Crippen molar-refractivity contribution in [2.45, 2.75) is 76.8 Å². The van der Waals surface area contributed by atoms with E-state index in [4.69, 9.17) is 38.6 Å². The average molecular weight is 983 g/mol. The third-order valence-corrected chi connectivity index (χ3v) is 15.6. The van der Waals surface area contributed by atoms with E-state index in [1.165, 1.54) is 0 Å². The lowest BCUT2D eigenvalue weighted by Gasteiger charge is -2.42. The molecule has 0 amide bonds. The van der Waals surface area contributed by atoms with E-state index >= 15 is 0 Å². The van der Waals surface area contributed by atoms with E-state index < -0.39 is 36.6 Å². The van der Waals surface area contributed by atoms with Crippen LogP contribution in [0.2, 0.25) is 0 Å². The number of nitrogens with zero attached hydrogens (tertiary/aromatic N) is 6. The first kappa shape index (κ1) is 48.1. The monoisotopic (exact) mass is 982 g/mol. The Bertz CT molecular complexity index is 3570. The summed E-state index contributed by atoms with van der Waals surface area (Å²) in [7, 11) is -1.07. The van der Waals surface area contributed by atoms with Crippen molar-refractivity contribution in [1.29, 1.82) is 0 Å². The maximum absolute atomic E-state index is 6.90. The van der Waals surface area contributed by atoms with E-state index in [1.54, 1.807) is 0 Å². The van der Waals surface area contributed by atoms with Crippen molar-refractivity contribution in [3.63, 3.8) is 0 Å². The number of para-hydroxylation sites is 1. The summed E-state index contributed by atoms with van der Waals surface area (Å²) in [6.07, 6.45) is 5.12. The van der Waals surface area contributed by atoms with Gasteiger partial charge in [-0.05, 0) is 130 Å². The Morgan fingerprint density at radius 2 is 0.853 bits per heavy atom. The molecule has 0 radical (unpaired) electrons. The first-order valence-corrected chi connectivity index (χ1v) is 25.7. The van der Waals surface area contributed by atoms with Crippen LogP contribution in [0.3, 0.4) is 0 Å². The van der Waals surface area contributed by atoms with E-state index in [0.717, 1.165) is 77.7 Å². The minimum Gasteiger partial charge on any atom is -0.399 e. The second-order valence-electron chi connectivity index (χ2n) is 21.1. The maximum Gasteiger partial charge on any atom is 0.494 e. The van der Waals surface area contributed by atoms with E-state index in [2.05, 4.69) is 156 Å². The topological polar surface area (TPSA) is 106 Å². The normalized spacial score (nSPS) is 19.0. The highest BCUT2D eigenvalue weighted by Crippen LogP contribution is 2.46. The maximum atomic E-state index is 6.90. The van der Waals surface area contributed by atoms with Gasteiger partial charge in [-0.15, -0.1) is 0 Å². The minimum absolute atomic E-state index is 0.515. The second-order valence-corrected chi connectivity index (χ2v) is 21.1. The lowest BCUT2D eigenvalue weighted by molar-refractivity contribution is -0.0576. The predicted molar refractivity (Wildman–Crippen MR) is 301 cm³/mol. The summed E-state index contributed by atoms with van der Waals surface area (Å²) in [5, 5.41) is 5.73. The van der Waals surface area contributed by atoms with Crippen LogP contribution in [-0.4, -0.2) is 66.4 Å². The van der Waals surface area contributed by atoms with Crippen LogP contribution < -0.4 is 10.9 Å². The molecule has 5 heterocycles. The molecule has 2 unspecified atom stereocenters. The Morgan fingerprint density at radius 3 is 1.37 bits per heavy atom. The molecule has 2 fully saturated rings. The summed E-state index contributed by atoms with van der Waals surface area (Å²) in [5.41, 5.74) is 10.3. The van der Waals surface area contributed by atoms with Gasteiger partial charge >= 0.3 is 14.2 Å². The molecular formula is C63H56B2N6O4. The van der Waals surface area contributed by atoms with Gasteiger partial charge in [-0.25, -0.2) is 19.6 Å². The number of fused-ring (bicyclic) bond motifs is 1. The number of hydrogen-bond donors (Lipinski definition) is 0. The highest BCUT2D eigenvalue weighted by atomic mass is 16.7. The molecule has 10 aromatic rings. The van der Waals surface area contributed by atoms with E-state index in [0.29, 0.717) is 30.3 Å². The molecule has 75 heavy (non-hydrogen) atoms. The van der Waals surface area contributed by atoms with Gasteiger partial charge in [0.15, 0.2) is 17.5 Å². The molecule has 2 atom stereocenters. The summed E-state index contributed by atoms with van der Waals surface area (Å²) in [6.45, 7) is 12.8. The fraction of sp³-hybridized carbons (Fsp3) is 0.190. The van der Waals surface area contributed by atoms with Crippen LogP contribution in [0, 0.1) is 0 Å². The molecule has 0 spiro atoms. The number of rotatable bonds is 12. The molecule has 368 valence electrons. The molecule has 12 heteroatoms. The van der Waals surface area contributed by atoms with Gasteiger partial charge in [0.25, 0.3) is 0 Å². The Kier molecular flexibility index (Phi) is 12.3. The quantitative estimate of drug-likeness (QED) is 0.111. The van der Waals surface area contributed by atoms with Gasteiger partial charge in [-0.1, -0.05) is 152 Å². The first-order chi connectivity index (χ1) is 36.3. The summed E-state index contributed by atoms with van der Waals surface area (Å²) < 4.78 is 29.1. The molecule has 0 saturated carbocycles. The number of benzene rings is 7. The van der Waals surface area contributed by atoms with Crippen LogP contribution in [0.5, 0.6) is 0 Å². The molecule has 0 aliphatic carbocycles. The van der Waals surface area contributed by atoms with Crippen molar-refractivity contribution in [2.24, 2.45) is 0 Å². The van der Waals surface area contributed by atoms with Gasteiger partial charge in [-0.2, -0.15) is 5.10 Å². The van der Waals surface area contributed by atoms with Gasteiger partial charge in [-0.3, -0.25) is 4.98 Å². The Morgan fingerprint density at radius 1 is 0.400 bits per heavy atom. The summed E-state index contributed by atoms with van der Waals surface area (Å²) >= 11 is 0. The standard InChI is InChI=1S/C63H56B2N6O4/c1-60(2)62(5,37-38-63(6)61(3,4)73-65(75-63)53-32-34-54(35-33-53)71-56-26-14-13-21-50(56)42-67-71)74-64(72-60)52-30-27-45(28-31-52)55-36-29-51(41-66-55)59-69-57(48-24-15-22-46(39-48)43-17-9-7-10-18-43)68-58(70-59)49-25-16-23-47(40-49)44-19-11-8-12-20-44/h7-36,39-42H,37-38H2,1-6H3. The van der Waals surface area contributed by atoms with Gasteiger partial charge in [0, 0.05) is 33.8 Å². The summed E-state index contributed by atoms with van der Waals surface area (Å²) in [6, 6.07) is 66.2. The van der Waals surface area contributed by atoms with Gasteiger partial charge in [0.05, 0.1) is 45.5 Å². The van der Waals surface area contributed by atoms with Crippen molar-refractivity contribution < 1.29 is 18.6 Å². The highest BCUT2D eigenvalue weighted by Gasteiger charge is 2.58. The van der Waals surface area contributed by atoms with Crippen LogP contribution in [0.15, 0.2) is 207 Å². The van der Waals surface area contributed by atoms with Crippen LogP contribution >= 0.6 is 0 Å². The van der Waals surface area contributed by atoms with Crippen molar-refractivity contribution in [1.82, 2.24) is 29.7 Å². The van der Waals surface area contributed by atoms with Crippen molar-refractivity contribution in [2.75, 3.05) is 0 Å². The Balaban J connectivity index is 0.749. The summed E-state index contributed by atoms with van der Waals surface area (Å²) in [5.74, 6) is 1.70. The van der Waals surface area contributed by atoms with Crippen molar-refractivity contribution >= 4 is 36.1 Å². The fourth-order valence-corrected chi connectivity index (χ4v) is 10.2. The van der Waals surface area contributed by atoms with Crippen LogP contribution in [-0.2, 0) is 18.6 Å². The lowest BCUT2D eigenvalue weighted by atomic mass is 9.76. The average Bonchev–Trinajstić information content (AvgIpc) is 4.10. The van der Waals surface area contributed by atoms with E-state index in [9.17, 15) is 0 Å². The molecule has 3 aromatic heterocycles. The van der Waals surface area contributed by atoms with Crippen LogP contribution in [0.1, 0.15) is 54.4 Å². The van der Waals surface area contributed by atoms with E-state index in [-0.39, 0.29) is 0 Å². The minimum atomic E-state index is -0.618. The zero-order valence-corrected chi connectivity index (χ0v) is 43.0.